The number of rotatable bonds is 9. The van der Waals surface area contributed by atoms with Gasteiger partial charge in [-0.05, 0) is 55.0 Å². The maximum Gasteiger partial charge on any atom is 0.270 e. The van der Waals surface area contributed by atoms with E-state index in [9.17, 15) is 23.3 Å². The van der Waals surface area contributed by atoms with E-state index >= 15 is 0 Å². The van der Waals surface area contributed by atoms with Gasteiger partial charge in [0.15, 0.2) is 0 Å². The molecule has 0 unspecified atom stereocenters. The van der Waals surface area contributed by atoms with Gasteiger partial charge in [0, 0.05) is 37.0 Å². The molecule has 9 nitrogen and oxygen atoms in total. The largest absolute Gasteiger partial charge is 0.494 e. The normalized spacial score (nSPS) is 11.0. The Labute approximate surface area is 191 Å². The molecule has 0 saturated carbocycles. The van der Waals surface area contributed by atoms with Crippen LogP contribution in [0.4, 0.5) is 11.4 Å². The van der Waals surface area contributed by atoms with Crippen LogP contribution in [0.15, 0.2) is 77.7 Å². The van der Waals surface area contributed by atoms with Crippen molar-refractivity contribution in [1.29, 1.82) is 0 Å². The molecular formula is C23H23N3O6S. The van der Waals surface area contributed by atoms with Crippen molar-refractivity contribution in [2.24, 2.45) is 0 Å². The molecule has 1 amide bonds. The third-order valence-corrected chi connectivity index (χ3v) is 6.10. The number of benzene rings is 3. The van der Waals surface area contributed by atoms with Gasteiger partial charge < -0.3 is 9.64 Å². The van der Waals surface area contributed by atoms with Gasteiger partial charge in [-0.25, -0.2) is 8.42 Å². The highest BCUT2D eigenvalue weighted by atomic mass is 32.2. The molecule has 0 aromatic heterocycles. The molecule has 10 heteroatoms. The Bertz CT molecular complexity index is 1240. The standard InChI is InChI=1S/C23H23N3O6S/c1-3-32-21-13-7-17(8-14-21)16-25(2)23(27)18-9-11-19(12-10-18)24-33(30,31)22-6-4-5-20(15-22)26(28)29/h4-15,24H,3,16H2,1-2H3. The van der Waals surface area contributed by atoms with Crippen molar-refractivity contribution in [2.45, 2.75) is 18.4 Å². The van der Waals surface area contributed by atoms with Crippen LogP contribution in [-0.4, -0.2) is 37.8 Å². The number of ether oxygens (including phenoxy) is 1. The highest BCUT2D eigenvalue weighted by Gasteiger charge is 2.18. The number of anilines is 1. The van der Waals surface area contributed by atoms with Gasteiger partial charge in [0.25, 0.3) is 21.6 Å². The van der Waals surface area contributed by atoms with Crippen LogP contribution in [0.1, 0.15) is 22.8 Å². The molecule has 0 radical (unpaired) electrons. The third-order valence-electron chi connectivity index (χ3n) is 4.72. The predicted molar refractivity (Wildman–Crippen MR) is 124 cm³/mol. The monoisotopic (exact) mass is 469 g/mol. The Kier molecular flexibility index (Phi) is 7.29. The second-order valence-corrected chi connectivity index (χ2v) is 8.86. The van der Waals surface area contributed by atoms with Gasteiger partial charge in [0.05, 0.1) is 16.4 Å². The predicted octanol–water partition coefficient (Wildman–Crippen LogP) is 4.07. The minimum Gasteiger partial charge on any atom is -0.494 e. The summed E-state index contributed by atoms with van der Waals surface area (Å²) >= 11 is 0. The third kappa shape index (κ3) is 6.07. The molecule has 0 bridgehead atoms. The fourth-order valence-corrected chi connectivity index (χ4v) is 4.18. The van der Waals surface area contributed by atoms with E-state index in [0.717, 1.165) is 17.4 Å². The van der Waals surface area contributed by atoms with E-state index in [2.05, 4.69) is 4.72 Å². The van der Waals surface area contributed by atoms with Crippen LogP contribution in [0.2, 0.25) is 0 Å². The summed E-state index contributed by atoms with van der Waals surface area (Å²) < 4.78 is 32.9. The zero-order chi connectivity index (χ0) is 24.0. The number of hydrogen-bond acceptors (Lipinski definition) is 6. The first-order chi connectivity index (χ1) is 15.7. The Morgan fingerprint density at radius 2 is 1.73 bits per heavy atom. The quantitative estimate of drug-likeness (QED) is 0.373. The van der Waals surface area contributed by atoms with E-state index in [0.29, 0.717) is 18.7 Å². The average molecular weight is 470 g/mol. The lowest BCUT2D eigenvalue weighted by atomic mass is 10.1. The number of nitrogens with zero attached hydrogens (tertiary/aromatic N) is 2. The molecule has 3 rings (SSSR count). The Morgan fingerprint density at radius 1 is 1.06 bits per heavy atom. The lowest BCUT2D eigenvalue weighted by Crippen LogP contribution is -2.26. The molecule has 0 atom stereocenters. The van der Waals surface area contributed by atoms with Gasteiger partial charge in [-0.1, -0.05) is 18.2 Å². The zero-order valence-electron chi connectivity index (χ0n) is 18.1. The van der Waals surface area contributed by atoms with Crippen LogP contribution >= 0.6 is 0 Å². The maximum absolute atomic E-state index is 12.7. The summed E-state index contributed by atoms with van der Waals surface area (Å²) in [5, 5.41) is 10.9. The number of non-ortho nitro benzene ring substituents is 1. The number of carbonyl (C=O) groups excluding carboxylic acids is 1. The van der Waals surface area contributed by atoms with Gasteiger partial charge in [0.1, 0.15) is 5.75 Å². The fourth-order valence-electron chi connectivity index (χ4n) is 3.08. The molecule has 3 aromatic carbocycles. The number of nitrogens with one attached hydrogen (secondary N) is 1. The van der Waals surface area contributed by atoms with E-state index in [1.54, 1.807) is 11.9 Å². The van der Waals surface area contributed by atoms with Gasteiger partial charge >= 0.3 is 0 Å². The number of hydrogen-bond donors (Lipinski definition) is 1. The number of sulfonamides is 1. The number of nitro benzene ring substituents is 1. The van der Waals surface area contributed by atoms with Crippen molar-refractivity contribution in [1.82, 2.24) is 4.90 Å². The van der Waals surface area contributed by atoms with E-state index in [1.807, 2.05) is 31.2 Å². The molecule has 3 aromatic rings. The summed E-state index contributed by atoms with van der Waals surface area (Å²) in [6, 6.07) is 18.2. The summed E-state index contributed by atoms with van der Waals surface area (Å²) in [6.07, 6.45) is 0. The van der Waals surface area contributed by atoms with Gasteiger partial charge in [-0.3, -0.25) is 19.6 Å². The number of nitro groups is 1. The van der Waals surface area contributed by atoms with Crippen molar-refractivity contribution in [3.8, 4) is 5.75 Å². The summed E-state index contributed by atoms with van der Waals surface area (Å²) in [5.74, 6) is 0.537. The molecule has 0 spiro atoms. The topological polar surface area (TPSA) is 119 Å². The first kappa shape index (κ1) is 23.7. The van der Waals surface area contributed by atoms with E-state index in [4.69, 9.17) is 4.74 Å². The zero-order valence-corrected chi connectivity index (χ0v) is 18.9. The molecule has 0 aliphatic carbocycles. The lowest BCUT2D eigenvalue weighted by Gasteiger charge is -2.18. The Morgan fingerprint density at radius 3 is 2.33 bits per heavy atom. The number of amides is 1. The van der Waals surface area contributed by atoms with E-state index in [-0.39, 0.29) is 22.2 Å². The van der Waals surface area contributed by atoms with Crippen molar-refractivity contribution in [2.75, 3.05) is 18.4 Å². The molecule has 0 heterocycles. The summed E-state index contributed by atoms with van der Waals surface area (Å²) in [6.45, 7) is 2.88. The second kappa shape index (κ2) is 10.1. The minimum absolute atomic E-state index is 0.225. The average Bonchev–Trinajstić information content (AvgIpc) is 2.80. The van der Waals surface area contributed by atoms with Crippen molar-refractivity contribution in [3.63, 3.8) is 0 Å². The van der Waals surface area contributed by atoms with Crippen LogP contribution in [0.5, 0.6) is 5.75 Å². The van der Waals surface area contributed by atoms with Gasteiger partial charge in [-0.15, -0.1) is 0 Å². The van der Waals surface area contributed by atoms with Crippen LogP contribution in [0.3, 0.4) is 0 Å². The lowest BCUT2D eigenvalue weighted by molar-refractivity contribution is -0.385. The molecular weight excluding hydrogens is 446 g/mol. The number of carbonyl (C=O) groups is 1. The summed E-state index contributed by atoms with van der Waals surface area (Å²) in [5.41, 5.74) is 1.24. The molecule has 0 aliphatic heterocycles. The summed E-state index contributed by atoms with van der Waals surface area (Å²) in [4.78, 5) is 24.3. The molecule has 172 valence electrons. The van der Waals surface area contributed by atoms with Crippen molar-refractivity contribution in [3.05, 3.63) is 94.0 Å². The smallest absolute Gasteiger partial charge is 0.270 e. The minimum atomic E-state index is -4.03. The van der Waals surface area contributed by atoms with Crippen LogP contribution in [0, 0.1) is 10.1 Å². The van der Waals surface area contributed by atoms with Crippen molar-refractivity contribution >= 4 is 27.3 Å². The van der Waals surface area contributed by atoms with Crippen LogP contribution in [0.25, 0.3) is 0 Å². The van der Waals surface area contributed by atoms with Crippen molar-refractivity contribution < 1.29 is 22.9 Å². The molecule has 0 saturated heterocycles. The molecule has 33 heavy (non-hydrogen) atoms. The highest BCUT2D eigenvalue weighted by Crippen LogP contribution is 2.21. The van der Waals surface area contributed by atoms with Gasteiger partial charge in [0.2, 0.25) is 0 Å². The van der Waals surface area contributed by atoms with E-state index < -0.39 is 14.9 Å². The highest BCUT2D eigenvalue weighted by molar-refractivity contribution is 7.92. The second-order valence-electron chi connectivity index (χ2n) is 7.18. The van der Waals surface area contributed by atoms with Crippen LogP contribution in [-0.2, 0) is 16.6 Å². The maximum atomic E-state index is 12.7. The SMILES string of the molecule is CCOc1ccc(CN(C)C(=O)c2ccc(NS(=O)(=O)c3cccc([N+](=O)[O-])c3)cc2)cc1. The van der Waals surface area contributed by atoms with E-state index in [1.165, 1.54) is 42.5 Å². The summed E-state index contributed by atoms with van der Waals surface area (Å²) in [7, 11) is -2.35. The molecule has 1 N–H and O–H groups in total. The Balaban J connectivity index is 1.67. The molecule has 0 aliphatic rings. The first-order valence-corrected chi connectivity index (χ1v) is 11.5. The fraction of sp³-hybridized carbons (Fsp3) is 0.174. The van der Waals surface area contributed by atoms with Crippen LogP contribution < -0.4 is 9.46 Å². The van der Waals surface area contributed by atoms with Gasteiger partial charge in [-0.2, -0.15) is 0 Å². The molecule has 0 fully saturated rings. The Hall–Kier alpha value is -3.92. The first-order valence-electron chi connectivity index (χ1n) is 10.0.